The van der Waals surface area contributed by atoms with E-state index in [4.69, 9.17) is 10.00 Å². The second kappa shape index (κ2) is 6.75. The quantitative estimate of drug-likeness (QED) is 0.932. The number of morpholine rings is 1. The summed E-state index contributed by atoms with van der Waals surface area (Å²) in [6.45, 7) is 5.57. The molecule has 0 aliphatic carbocycles. The van der Waals surface area contributed by atoms with E-state index in [9.17, 15) is 9.18 Å². The van der Waals surface area contributed by atoms with Crippen LogP contribution in [-0.4, -0.2) is 36.2 Å². The maximum Gasteiger partial charge on any atom is 0.317 e. The second-order valence-electron chi connectivity index (χ2n) is 5.65. The topological polar surface area (TPSA) is 65.4 Å². The van der Waals surface area contributed by atoms with Gasteiger partial charge in [0.2, 0.25) is 0 Å². The molecule has 2 rings (SSSR count). The number of nitrogens with one attached hydrogen (secondary N) is 1. The molecule has 22 heavy (non-hydrogen) atoms. The minimum atomic E-state index is -0.431. The molecule has 0 bridgehead atoms. The molecule has 1 saturated heterocycles. The molecule has 0 unspecified atom stereocenters. The van der Waals surface area contributed by atoms with Crippen LogP contribution >= 0.6 is 0 Å². The molecule has 1 N–H and O–H groups in total. The number of rotatable bonds is 3. The van der Waals surface area contributed by atoms with Gasteiger partial charge in [0.25, 0.3) is 0 Å². The van der Waals surface area contributed by atoms with Gasteiger partial charge < -0.3 is 15.0 Å². The molecule has 0 aromatic heterocycles. The normalized spacial score (nSPS) is 21.3. The Morgan fingerprint density at radius 1 is 1.59 bits per heavy atom. The minimum absolute atomic E-state index is 0.0559. The van der Waals surface area contributed by atoms with Crippen molar-refractivity contribution in [3.63, 3.8) is 0 Å². The Balaban J connectivity index is 1.97. The summed E-state index contributed by atoms with van der Waals surface area (Å²) in [5.74, 6) is -0.431. The maximum atomic E-state index is 13.7. The lowest BCUT2D eigenvalue weighted by atomic mass is 10.0. The van der Waals surface area contributed by atoms with Gasteiger partial charge in [0.1, 0.15) is 5.82 Å². The van der Waals surface area contributed by atoms with Crippen molar-refractivity contribution in [3.8, 4) is 6.07 Å². The molecule has 1 fully saturated rings. The van der Waals surface area contributed by atoms with E-state index >= 15 is 0 Å². The van der Waals surface area contributed by atoms with Crippen molar-refractivity contribution in [2.75, 3.05) is 19.7 Å². The average molecular weight is 305 g/mol. The molecule has 6 heteroatoms. The molecular formula is C16H20FN3O2. The molecule has 1 aromatic rings. The van der Waals surface area contributed by atoms with Crippen LogP contribution in [0.25, 0.3) is 0 Å². The van der Waals surface area contributed by atoms with Crippen molar-refractivity contribution in [1.82, 2.24) is 10.2 Å². The van der Waals surface area contributed by atoms with Crippen LogP contribution in [0.5, 0.6) is 0 Å². The van der Waals surface area contributed by atoms with E-state index in [1.54, 1.807) is 4.90 Å². The summed E-state index contributed by atoms with van der Waals surface area (Å²) in [6, 6.07) is 5.81. The van der Waals surface area contributed by atoms with Gasteiger partial charge in [0.05, 0.1) is 30.4 Å². The molecule has 1 atom stereocenters. The summed E-state index contributed by atoms with van der Waals surface area (Å²) in [5, 5.41) is 11.5. The van der Waals surface area contributed by atoms with E-state index < -0.39 is 5.82 Å². The summed E-state index contributed by atoms with van der Waals surface area (Å²) >= 11 is 0. The van der Waals surface area contributed by atoms with E-state index in [1.807, 2.05) is 19.9 Å². The Hall–Kier alpha value is -2.13. The lowest BCUT2D eigenvalue weighted by Gasteiger charge is -2.39. The highest BCUT2D eigenvalue weighted by molar-refractivity contribution is 5.74. The SMILES string of the molecule is CC[C@]1(C)CN(C(=O)NCc2cc(C#N)ccc2F)CCO1. The summed E-state index contributed by atoms with van der Waals surface area (Å²) in [4.78, 5) is 13.9. The largest absolute Gasteiger partial charge is 0.372 e. The number of hydrogen-bond acceptors (Lipinski definition) is 3. The van der Waals surface area contributed by atoms with Crippen molar-refractivity contribution >= 4 is 6.03 Å². The standard InChI is InChI=1S/C16H20FN3O2/c1-3-16(2)11-20(6-7-22-16)15(21)19-10-13-8-12(9-18)4-5-14(13)17/h4-5,8H,3,6-7,10-11H2,1-2H3,(H,19,21)/t16-/m1/s1. The number of carbonyl (C=O) groups is 1. The summed E-state index contributed by atoms with van der Waals surface area (Å²) in [5.41, 5.74) is 0.344. The summed E-state index contributed by atoms with van der Waals surface area (Å²) in [6.07, 6.45) is 0.815. The van der Waals surface area contributed by atoms with Crippen LogP contribution in [0.4, 0.5) is 9.18 Å². The number of nitriles is 1. The zero-order chi connectivity index (χ0) is 16.2. The third-order valence-electron chi connectivity index (χ3n) is 3.98. The van der Waals surface area contributed by atoms with E-state index in [2.05, 4.69) is 5.32 Å². The van der Waals surface area contributed by atoms with Crippen molar-refractivity contribution in [2.45, 2.75) is 32.4 Å². The first kappa shape index (κ1) is 16.2. The number of halogens is 1. The van der Waals surface area contributed by atoms with Crippen LogP contribution in [0.1, 0.15) is 31.4 Å². The third-order valence-corrected chi connectivity index (χ3v) is 3.98. The van der Waals surface area contributed by atoms with Crippen LogP contribution in [0.2, 0.25) is 0 Å². The Morgan fingerprint density at radius 2 is 2.36 bits per heavy atom. The number of hydrogen-bond donors (Lipinski definition) is 1. The van der Waals surface area contributed by atoms with Crippen LogP contribution in [0, 0.1) is 17.1 Å². The van der Waals surface area contributed by atoms with Gasteiger partial charge in [-0.25, -0.2) is 9.18 Å². The molecule has 0 radical (unpaired) electrons. The molecule has 1 heterocycles. The van der Waals surface area contributed by atoms with Gasteiger partial charge in [-0.05, 0) is 31.5 Å². The predicted octanol–water partition coefficient (Wildman–Crippen LogP) is 2.41. The molecule has 1 aliphatic heterocycles. The first-order valence-corrected chi connectivity index (χ1v) is 7.32. The van der Waals surface area contributed by atoms with Gasteiger partial charge in [-0.15, -0.1) is 0 Å². The first-order valence-electron chi connectivity index (χ1n) is 7.32. The number of carbonyl (C=O) groups excluding carboxylic acids is 1. The minimum Gasteiger partial charge on any atom is -0.372 e. The molecule has 118 valence electrons. The zero-order valence-electron chi connectivity index (χ0n) is 12.9. The fourth-order valence-electron chi connectivity index (χ4n) is 2.38. The fraction of sp³-hybridized carbons (Fsp3) is 0.500. The van der Waals surface area contributed by atoms with Crippen LogP contribution in [0.3, 0.4) is 0 Å². The van der Waals surface area contributed by atoms with Gasteiger partial charge >= 0.3 is 6.03 Å². The van der Waals surface area contributed by atoms with Gasteiger partial charge in [0.15, 0.2) is 0 Å². The van der Waals surface area contributed by atoms with Gasteiger partial charge in [0, 0.05) is 18.7 Å². The molecule has 0 spiro atoms. The highest BCUT2D eigenvalue weighted by atomic mass is 19.1. The third kappa shape index (κ3) is 3.74. The molecule has 1 aliphatic rings. The van der Waals surface area contributed by atoms with Gasteiger partial charge in [-0.1, -0.05) is 6.92 Å². The molecule has 2 amide bonds. The highest BCUT2D eigenvalue weighted by Crippen LogP contribution is 2.21. The smallest absolute Gasteiger partial charge is 0.317 e. The van der Waals surface area contributed by atoms with Crippen LogP contribution in [0.15, 0.2) is 18.2 Å². The van der Waals surface area contributed by atoms with E-state index in [0.717, 1.165) is 6.42 Å². The second-order valence-corrected chi connectivity index (χ2v) is 5.65. The molecule has 0 saturated carbocycles. The van der Waals surface area contributed by atoms with E-state index in [1.165, 1.54) is 18.2 Å². The monoisotopic (exact) mass is 305 g/mol. The number of amides is 2. The van der Waals surface area contributed by atoms with Crippen molar-refractivity contribution in [3.05, 3.63) is 35.1 Å². The highest BCUT2D eigenvalue weighted by Gasteiger charge is 2.32. The maximum absolute atomic E-state index is 13.7. The van der Waals surface area contributed by atoms with E-state index in [0.29, 0.717) is 30.8 Å². The van der Waals surface area contributed by atoms with Crippen molar-refractivity contribution in [2.24, 2.45) is 0 Å². The van der Waals surface area contributed by atoms with Crippen LogP contribution < -0.4 is 5.32 Å². The average Bonchev–Trinajstić information content (AvgIpc) is 2.54. The van der Waals surface area contributed by atoms with Gasteiger partial charge in [-0.2, -0.15) is 5.26 Å². The number of nitrogens with zero attached hydrogens (tertiary/aromatic N) is 2. The van der Waals surface area contributed by atoms with Crippen molar-refractivity contribution < 1.29 is 13.9 Å². The molecular weight excluding hydrogens is 285 g/mol. The van der Waals surface area contributed by atoms with Crippen molar-refractivity contribution in [1.29, 1.82) is 5.26 Å². The van der Waals surface area contributed by atoms with Crippen LogP contribution in [-0.2, 0) is 11.3 Å². The first-order chi connectivity index (χ1) is 10.5. The zero-order valence-corrected chi connectivity index (χ0v) is 12.9. The molecule has 5 nitrogen and oxygen atoms in total. The number of ether oxygens (including phenoxy) is 1. The summed E-state index contributed by atoms with van der Waals surface area (Å²) in [7, 11) is 0. The molecule has 1 aromatic carbocycles. The van der Waals surface area contributed by atoms with E-state index in [-0.39, 0.29) is 18.2 Å². The Kier molecular flexibility index (Phi) is 4.99. The number of urea groups is 1. The lowest BCUT2D eigenvalue weighted by Crippen LogP contribution is -2.54. The predicted molar refractivity (Wildman–Crippen MR) is 79.6 cm³/mol. The Labute approximate surface area is 129 Å². The summed E-state index contributed by atoms with van der Waals surface area (Å²) < 4.78 is 19.4. The van der Waals surface area contributed by atoms with Gasteiger partial charge in [-0.3, -0.25) is 0 Å². The Morgan fingerprint density at radius 3 is 3.05 bits per heavy atom. The number of benzene rings is 1. The fourth-order valence-corrected chi connectivity index (χ4v) is 2.38. The lowest BCUT2D eigenvalue weighted by molar-refractivity contribution is -0.0872. The Bertz CT molecular complexity index is 600.